The predicted octanol–water partition coefficient (Wildman–Crippen LogP) is 0.0115. The quantitative estimate of drug-likeness (QED) is 0.349. The molecule has 0 aromatic heterocycles. The van der Waals surface area contributed by atoms with Crippen molar-refractivity contribution >= 4 is 0 Å². The summed E-state index contributed by atoms with van der Waals surface area (Å²) in [6.45, 7) is 0. The third kappa shape index (κ3) is 4.43. The second-order valence-corrected chi connectivity index (χ2v) is 1.43. The van der Waals surface area contributed by atoms with Gasteiger partial charge in [0.2, 0.25) is 0 Å². The summed E-state index contributed by atoms with van der Waals surface area (Å²) in [5.74, 6) is 0. The van der Waals surface area contributed by atoms with E-state index in [4.69, 9.17) is 0 Å². The van der Waals surface area contributed by atoms with Crippen LogP contribution in [0.2, 0.25) is 0 Å². The Morgan fingerprint density at radius 1 is 1.60 bits per heavy atom. The molecule has 1 nitrogen and oxygen atoms in total. The molecule has 0 amide bonds. The molecule has 0 aliphatic rings. The van der Waals surface area contributed by atoms with Crippen molar-refractivity contribution in [3.8, 4) is 4.33 Å². The molecular formula is C3H6MoN+. The van der Waals surface area contributed by atoms with Gasteiger partial charge < -0.3 is 0 Å². The van der Waals surface area contributed by atoms with Crippen LogP contribution in [0.5, 0.6) is 0 Å². The van der Waals surface area contributed by atoms with Crippen molar-refractivity contribution in [3.63, 3.8) is 0 Å². The molecule has 0 saturated heterocycles. The van der Waals surface area contributed by atoms with Crippen LogP contribution in [-0.2, 0) is 19.2 Å². The van der Waals surface area contributed by atoms with Gasteiger partial charge in [0.25, 0.3) is 0 Å². The summed E-state index contributed by atoms with van der Waals surface area (Å²) in [7, 11) is 3.89. The van der Waals surface area contributed by atoms with Crippen LogP contribution in [0.3, 0.4) is 0 Å². The van der Waals surface area contributed by atoms with Crippen molar-refractivity contribution in [1.82, 2.24) is 4.90 Å². The SMILES string of the molecule is CN(C)[C]#[Mo+]. The van der Waals surface area contributed by atoms with Crippen molar-refractivity contribution in [3.05, 3.63) is 0 Å². The van der Waals surface area contributed by atoms with Crippen LogP contribution in [0.25, 0.3) is 0 Å². The van der Waals surface area contributed by atoms with Crippen molar-refractivity contribution < 1.29 is 19.2 Å². The van der Waals surface area contributed by atoms with E-state index in [-0.39, 0.29) is 0 Å². The molecular weight excluding hydrogens is 146 g/mol. The Hall–Kier alpha value is 0.428. The Morgan fingerprint density at radius 2 is 1.80 bits per heavy atom. The monoisotopic (exact) mass is 154 g/mol. The van der Waals surface area contributed by atoms with E-state index in [1.54, 1.807) is 0 Å². The van der Waals surface area contributed by atoms with Crippen molar-refractivity contribution in [2.24, 2.45) is 0 Å². The van der Waals surface area contributed by atoms with E-state index < -0.39 is 0 Å². The van der Waals surface area contributed by atoms with E-state index in [1.807, 2.05) is 38.1 Å². The first kappa shape index (κ1) is 5.43. The maximum atomic E-state index is 2.87. The van der Waals surface area contributed by atoms with Crippen molar-refractivity contribution in [2.75, 3.05) is 14.1 Å². The van der Waals surface area contributed by atoms with Crippen LogP contribution in [0.1, 0.15) is 0 Å². The molecule has 5 heavy (non-hydrogen) atoms. The van der Waals surface area contributed by atoms with Crippen LogP contribution in [0.4, 0.5) is 0 Å². The Labute approximate surface area is 43.0 Å². The van der Waals surface area contributed by atoms with Gasteiger partial charge in [-0.1, -0.05) is 0 Å². The number of hydrogen-bond acceptors (Lipinski definition) is 1. The molecule has 0 rings (SSSR count). The Kier molecular flexibility index (Phi) is 2.88. The molecule has 0 N–H and O–H groups in total. The van der Waals surface area contributed by atoms with Gasteiger partial charge in [-0.25, -0.2) is 0 Å². The van der Waals surface area contributed by atoms with Crippen LogP contribution in [0.15, 0.2) is 0 Å². The molecule has 0 atom stereocenters. The van der Waals surface area contributed by atoms with Crippen LogP contribution in [0, 0.1) is 4.33 Å². The molecule has 0 fully saturated rings. The number of hydrogen-bond donors (Lipinski definition) is 0. The summed E-state index contributed by atoms with van der Waals surface area (Å²) in [6.07, 6.45) is 0. The fourth-order valence-electron chi connectivity index (χ4n) is 0. The van der Waals surface area contributed by atoms with Gasteiger partial charge in [0.15, 0.2) is 0 Å². The average molecular weight is 152 g/mol. The molecule has 0 bridgehead atoms. The Bertz CT molecular complexity index is 52.4. The van der Waals surface area contributed by atoms with E-state index in [1.165, 1.54) is 0 Å². The molecule has 0 spiro atoms. The van der Waals surface area contributed by atoms with Crippen LogP contribution >= 0.6 is 0 Å². The summed E-state index contributed by atoms with van der Waals surface area (Å²) in [5, 5.41) is 0. The van der Waals surface area contributed by atoms with Gasteiger partial charge in [-0.05, 0) is 0 Å². The van der Waals surface area contributed by atoms with Gasteiger partial charge in [0, 0.05) is 0 Å². The van der Waals surface area contributed by atoms with Gasteiger partial charge in [-0.2, -0.15) is 0 Å². The molecule has 28 valence electrons. The van der Waals surface area contributed by atoms with E-state index >= 15 is 0 Å². The first-order chi connectivity index (χ1) is 2.27. The minimum absolute atomic E-state index is 1.82. The molecule has 0 radical (unpaired) electrons. The van der Waals surface area contributed by atoms with Gasteiger partial charge in [0.1, 0.15) is 0 Å². The zero-order chi connectivity index (χ0) is 4.28. The van der Waals surface area contributed by atoms with Crippen LogP contribution < -0.4 is 0 Å². The van der Waals surface area contributed by atoms with Gasteiger partial charge in [-0.3, -0.25) is 0 Å². The van der Waals surface area contributed by atoms with E-state index in [0.717, 1.165) is 0 Å². The molecule has 0 aromatic carbocycles. The summed E-state index contributed by atoms with van der Waals surface area (Å²) in [5.41, 5.74) is 0. The molecule has 0 aliphatic carbocycles. The standard InChI is InChI=1S/C3H6N.Mo/c1-4(2)3;/h1-2H3;/q;+1. The number of nitrogens with zero attached hydrogens (tertiary/aromatic N) is 1. The third-order valence-corrected chi connectivity index (χ3v) is 1.08. The Balaban J connectivity index is 2.94. The molecule has 0 unspecified atom stereocenters. The fourth-order valence-corrected chi connectivity index (χ4v) is 0. The molecule has 2 heteroatoms. The molecule has 0 saturated carbocycles. The summed E-state index contributed by atoms with van der Waals surface area (Å²) < 4.78 is 2.87. The average Bonchev–Trinajstić information content (AvgIpc) is 1.38. The molecule has 0 heterocycles. The maximum absolute atomic E-state index is 2.87. The summed E-state index contributed by atoms with van der Waals surface area (Å²) >= 11 is 1.82. The van der Waals surface area contributed by atoms with Gasteiger partial charge in [-0.15, -0.1) is 0 Å². The second-order valence-electron chi connectivity index (χ2n) is 0.986. The summed E-state index contributed by atoms with van der Waals surface area (Å²) in [4.78, 5) is 1.88. The molecule has 0 aromatic rings. The van der Waals surface area contributed by atoms with Crippen molar-refractivity contribution in [2.45, 2.75) is 0 Å². The second kappa shape index (κ2) is 2.65. The fraction of sp³-hybridized carbons (Fsp3) is 0.667. The Morgan fingerprint density at radius 3 is 1.80 bits per heavy atom. The van der Waals surface area contributed by atoms with E-state index in [9.17, 15) is 0 Å². The normalized spacial score (nSPS) is 7.60. The van der Waals surface area contributed by atoms with E-state index in [2.05, 4.69) is 4.33 Å². The van der Waals surface area contributed by atoms with Crippen molar-refractivity contribution in [1.29, 1.82) is 0 Å². The zero-order valence-electron chi connectivity index (χ0n) is 3.36. The summed E-state index contributed by atoms with van der Waals surface area (Å²) in [6, 6.07) is 0. The van der Waals surface area contributed by atoms with Gasteiger partial charge >= 0.3 is 42.5 Å². The molecule has 0 aliphatic heterocycles. The topological polar surface area (TPSA) is 3.24 Å². The zero-order valence-corrected chi connectivity index (χ0v) is 5.36. The number of rotatable bonds is 0. The van der Waals surface area contributed by atoms with Gasteiger partial charge in [0.05, 0.1) is 0 Å². The predicted molar refractivity (Wildman–Crippen MR) is 17.6 cm³/mol. The first-order valence-electron chi connectivity index (χ1n) is 1.32. The van der Waals surface area contributed by atoms with E-state index in [0.29, 0.717) is 0 Å². The van der Waals surface area contributed by atoms with Crippen LogP contribution in [-0.4, -0.2) is 19.0 Å². The first-order valence-corrected chi connectivity index (χ1v) is 2.33. The minimum atomic E-state index is 1.82. The third-order valence-electron chi connectivity index (χ3n) is 0.183.